The van der Waals surface area contributed by atoms with Crippen LogP contribution in [0.5, 0.6) is 0 Å². The quantitative estimate of drug-likeness (QED) is 0.114. The largest absolute Gasteiger partial charge is 0.208 e. The van der Waals surface area contributed by atoms with Gasteiger partial charge in [-0.05, 0) is 180 Å². The van der Waals surface area contributed by atoms with Crippen molar-refractivity contribution in [3.63, 3.8) is 0 Å². The van der Waals surface area contributed by atoms with Crippen LogP contribution in [0.3, 0.4) is 0 Å². The molecule has 15 aromatic rings. The first-order chi connectivity index (χ1) is 49.8. The van der Waals surface area contributed by atoms with Gasteiger partial charge in [0, 0.05) is 38.8 Å². The summed E-state index contributed by atoms with van der Waals surface area (Å²) in [5, 5.41) is 0. The lowest BCUT2D eigenvalue weighted by atomic mass is 9.49. The third-order valence-electron chi connectivity index (χ3n) is 21.7. The van der Waals surface area contributed by atoms with E-state index in [1.807, 2.05) is 48.5 Å². The molecule has 3 aliphatic rings. The van der Waals surface area contributed by atoms with Gasteiger partial charge in [-0.1, -0.05) is 311 Å². The van der Waals surface area contributed by atoms with Crippen LogP contribution >= 0.6 is 0 Å². The van der Waals surface area contributed by atoms with Crippen molar-refractivity contribution in [1.29, 1.82) is 0 Å². The van der Waals surface area contributed by atoms with Gasteiger partial charge in [-0.15, -0.1) is 0 Å². The van der Waals surface area contributed by atoms with Crippen molar-refractivity contribution in [2.24, 2.45) is 23.7 Å². The number of benzene rings is 13. The number of hydrogen-bond donors (Lipinski definition) is 0. The van der Waals surface area contributed by atoms with Crippen molar-refractivity contribution in [1.82, 2.24) is 29.9 Å². The number of nitrogens with zero attached hydrogens (tertiary/aromatic N) is 6. The normalized spacial score (nSPS) is 17.3. The van der Waals surface area contributed by atoms with E-state index in [1.165, 1.54) is 86.9 Å². The van der Waals surface area contributed by atoms with Gasteiger partial charge in [-0.3, -0.25) is 0 Å². The molecule has 0 N–H and O–H groups in total. The summed E-state index contributed by atoms with van der Waals surface area (Å²) in [6.07, 6.45) is 5.10. The van der Waals surface area contributed by atoms with Gasteiger partial charge in [0.05, 0.1) is 0 Å². The first kappa shape index (κ1) is 61.2. The van der Waals surface area contributed by atoms with Crippen LogP contribution in [-0.4, -0.2) is 29.9 Å². The minimum Gasteiger partial charge on any atom is -0.208 e. The van der Waals surface area contributed by atoms with E-state index in [9.17, 15) is 0 Å². The van der Waals surface area contributed by atoms with Crippen LogP contribution in [-0.2, 0) is 5.41 Å². The Bertz CT molecular complexity index is 5560. The maximum atomic E-state index is 5.20. The van der Waals surface area contributed by atoms with Gasteiger partial charge in [-0.25, -0.2) is 29.9 Å². The monoisotopic (exact) mass is 1300 g/mol. The first-order valence-corrected chi connectivity index (χ1v) is 35.6. The van der Waals surface area contributed by atoms with Crippen molar-refractivity contribution < 1.29 is 0 Å². The Morgan fingerprint density at radius 2 is 0.535 bits per heavy atom. The molecule has 5 unspecified atom stereocenters. The Hall–Kier alpha value is -12.1. The Morgan fingerprint density at radius 1 is 0.228 bits per heavy atom. The molecule has 6 heteroatoms. The number of aromatic nitrogens is 6. The van der Waals surface area contributed by atoms with Crippen LogP contribution in [0.4, 0.5) is 0 Å². The van der Waals surface area contributed by atoms with Crippen LogP contribution in [0.1, 0.15) is 50.7 Å². The maximum absolute atomic E-state index is 5.20. The van der Waals surface area contributed by atoms with Crippen molar-refractivity contribution in [3.05, 3.63) is 339 Å². The van der Waals surface area contributed by atoms with Crippen LogP contribution in [0, 0.1) is 23.7 Å². The molecule has 2 heterocycles. The molecule has 5 atom stereocenters. The molecule has 101 heavy (non-hydrogen) atoms. The van der Waals surface area contributed by atoms with Gasteiger partial charge in [0.15, 0.2) is 34.9 Å². The van der Waals surface area contributed by atoms with Gasteiger partial charge < -0.3 is 0 Å². The molecule has 2 fully saturated rings. The second-order valence-corrected chi connectivity index (χ2v) is 28.0. The van der Waals surface area contributed by atoms with E-state index in [1.54, 1.807) is 0 Å². The average Bonchev–Trinajstić information content (AvgIpc) is 1.52. The Morgan fingerprint density at radius 3 is 0.990 bits per heavy atom. The standard InChI is InChI=1S/C95H72N6/c1-61-52-63-54-62(2)95(83(53-61)55-63)86-37-19-36-84(80-33-16-30-76(57-80)78-32-18-35-82(59-78)94-99-90(71-26-13-6-14-27-71)97-92(101-94)73-48-44-67(45-49-73)65-22-9-4-10-23-65)88(86)85-51-50-79(60-87(85)95)69-40-38-68(39-41-69)74-28-15-29-75(56-74)77-31-17-34-81(58-77)93-98-89(70-24-11-5-12-25-70)96-91(100-93)72-46-42-66(43-47-72)64-20-7-3-8-21-64/h3-51,56-63,83H,52-55H2,1-2H3. The molecule has 0 saturated heterocycles. The Labute approximate surface area is 591 Å². The molecule has 13 aromatic carbocycles. The summed E-state index contributed by atoms with van der Waals surface area (Å²) in [4.78, 5) is 30.7. The van der Waals surface area contributed by atoms with Crippen LogP contribution in [0.2, 0.25) is 0 Å². The molecule has 2 aromatic heterocycles. The summed E-state index contributed by atoms with van der Waals surface area (Å²) in [6.45, 7) is 5.09. The van der Waals surface area contributed by atoms with E-state index in [-0.39, 0.29) is 5.41 Å². The lowest BCUT2D eigenvalue weighted by Crippen LogP contribution is -2.49. The van der Waals surface area contributed by atoms with Crippen molar-refractivity contribution >= 4 is 0 Å². The van der Waals surface area contributed by atoms with E-state index in [2.05, 4.69) is 293 Å². The third kappa shape index (κ3) is 11.6. The van der Waals surface area contributed by atoms with E-state index >= 15 is 0 Å². The zero-order valence-electron chi connectivity index (χ0n) is 56.5. The molecule has 18 rings (SSSR count). The highest BCUT2D eigenvalue weighted by Crippen LogP contribution is 2.66. The molecule has 2 bridgehead atoms. The van der Waals surface area contributed by atoms with Crippen molar-refractivity contribution in [2.75, 3.05) is 0 Å². The summed E-state index contributed by atoms with van der Waals surface area (Å²) in [5.41, 5.74) is 27.7. The number of fused-ring (bicyclic) bond motifs is 8. The summed E-state index contributed by atoms with van der Waals surface area (Å²) in [6, 6.07) is 118. The molecule has 3 aliphatic carbocycles. The highest BCUT2D eigenvalue weighted by Gasteiger charge is 2.57. The highest BCUT2D eigenvalue weighted by molar-refractivity contribution is 5.95. The number of hydrogen-bond acceptors (Lipinski definition) is 6. The van der Waals surface area contributed by atoms with Crippen LogP contribution in [0.15, 0.2) is 328 Å². The maximum Gasteiger partial charge on any atom is 0.164 e. The highest BCUT2D eigenvalue weighted by atomic mass is 15.0. The predicted octanol–water partition coefficient (Wildman–Crippen LogP) is 24.1. The molecular formula is C95H72N6. The van der Waals surface area contributed by atoms with E-state index < -0.39 is 0 Å². The minimum atomic E-state index is -0.109. The molecule has 482 valence electrons. The minimum absolute atomic E-state index is 0.109. The lowest BCUT2D eigenvalue weighted by Gasteiger charge is -2.54. The fraction of sp³-hybridized carbons (Fsp3) is 0.116. The smallest absolute Gasteiger partial charge is 0.164 e. The topological polar surface area (TPSA) is 77.3 Å². The molecule has 6 nitrogen and oxygen atoms in total. The summed E-state index contributed by atoms with van der Waals surface area (Å²) < 4.78 is 0. The predicted molar refractivity (Wildman–Crippen MR) is 414 cm³/mol. The second kappa shape index (κ2) is 26.0. The van der Waals surface area contributed by atoms with Gasteiger partial charge in [0.2, 0.25) is 0 Å². The van der Waals surface area contributed by atoms with Crippen LogP contribution in [0.25, 0.3) is 157 Å². The van der Waals surface area contributed by atoms with E-state index in [0.717, 1.165) is 78.2 Å². The summed E-state index contributed by atoms with van der Waals surface area (Å²) >= 11 is 0. The fourth-order valence-corrected chi connectivity index (χ4v) is 17.1. The molecule has 0 radical (unpaired) electrons. The summed E-state index contributed by atoms with van der Waals surface area (Å²) in [5.74, 6) is 6.29. The molecule has 2 saturated carbocycles. The Balaban J connectivity index is 0.658. The van der Waals surface area contributed by atoms with E-state index in [0.29, 0.717) is 52.7 Å². The molecule has 0 aliphatic heterocycles. The summed E-state index contributed by atoms with van der Waals surface area (Å²) in [7, 11) is 0. The fourth-order valence-electron chi connectivity index (χ4n) is 17.1. The van der Waals surface area contributed by atoms with Gasteiger partial charge in [0.1, 0.15) is 0 Å². The van der Waals surface area contributed by atoms with Crippen LogP contribution < -0.4 is 0 Å². The molecule has 1 spiro atoms. The Kier molecular flexibility index (Phi) is 15.7. The van der Waals surface area contributed by atoms with Gasteiger partial charge in [-0.2, -0.15) is 0 Å². The zero-order valence-corrected chi connectivity index (χ0v) is 56.5. The van der Waals surface area contributed by atoms with Gasteiger partial charge in [0.25, 0.3) is 0 Å². The lowest BCUT2D eigenvalue weighted by molar-refractivity contribution is 0.0426. The van der Waals surface area contributed by atoms with Crippen molar-refractivity contribution in [3.8, 4) is 157 Å². The molecule has 0 amide bonds. The zero-order chi connectivity index (χ0) is 67.4. The van der Waals surface area contributed by atoms with E-state index in [4.69, 9.17) is 29.9 Å². The van der Waals surface area contributed by atoms with Gasteiger partial charge >= 0.3 is 0 Å². The third-order valence-corrected chi connectivity index (χ3v) is 21.7. The molecular weight excluding hydrogens is 1230 g/mol. The first-order valence-electron chi connectivity index (χ1n) is 35.6. The number of rotatable bonds is 13. The second-order valence-electron chi connectivity index (χ2n) is 28.0. The SMILES string of the molecule is CC1CC2CC(C)C3(c4cc(-c5ccc(-c6cccc(-c7cccc(-c8nc(-c9ccccc9)nc(-c9ccc(-c%10ccccc%10)cc9)n8)c7)c6)cc5)ccc4-c4c(-c5cccc(-c6cccc(-c7nc(-c8ccccc8)nc(-c8ccc(-c9ccccc9)cc8)n7)c6)c5)cccc43)C(C1)C2. The van der Waals surface area contributed by atoms with Crippen molar-refractivity contribution in [2.45, 2.75) is 44.9 Å². The average molecular weight is 1300 g/mol.